The van der Waals surface area contributed by atoms with E-state index < -0.39 is 35.7 Å². The Morgan fingerprint density at radius 3 is 2.47 bits per heavy atom. The van der Waals surface area contributed by atoms with Gasteiger partial charge in [-0.3, -0.25) is 14.5 Å². The Labute approximate surface area is 198 Å². The summed E-state index contributed by atoms with van der Waals surface area (Å²) in [5.41, 5.74) is 0.131. The smallest absolute Gasteiger partial charge is 0.325 e. The first kappa shape index (κ1) is 23.4. The maximum Gasteiger partial charge on any atom is 0.325 e. The molecule has 0 bridgehead atoms. The van der Waals surface area contributed by atoms with Crippen LogP contribution >= 0.6 is 0 Å². The minimum atomic E-state index is -1.30. The van der Waals surface area contributed by atoms with Gasteiger partial charge in [0.15, 0.2) is 0 Å². The van der Waals surface area contributed by atoms with Crippen LogP contribution in [0.2, 0.25) is 0 Å². The lowest BCUT2D eigenvalue weighted by molar-refractivity contribution is -0.135. The van der Waals surface area contributed by atoms with E-state index in [1.165, 1.54) is 24.3 Å². The van der Waals surface area contributed by atoms with Crippen LogP contribution in [0.3, 0.4) is 0 Å². The van der Waals surface area contributed by atoms with Gasteiger partial charge in [0.1, 0.15) is 17.9 Å². The molecule has 7 heteroatoms. The van der Waals surface area contributed by atoms with Gasteiger partial charge in [-0.25, -0.2) is 9.18 Å². The Morgan fingerprint density at radius 2 is 1.76 bits per heavy atom. The molecule has 4 amide bonds. The van der Waals surface area contributed by atoms with Crippen molar-refractivity contribution in [3.05, 3.63) is 83.7 Å². The number of nitrogens with zero attached hydrogens (tertiary/aromatic N) is 1. The number of carbonyl (C=O) groups excluding carboxylic acids is 3. The first-order valence-electron chi connectivity index (χ1n) is 11.5. The molecule has 2 atom stereocenters. The van der Waals surface area contributed by atoms with Gasteiger partial charge in [-0.1, -0.05) is 68.3 Å². The van der Waals surface area contributed by atoms with E-state index in [2.05, 4.69) is 10.6 Å². The summed E-state index contributed by atoms with van der Waals surface area (Å²) in [6.07, 6.45) is 1.86. The number of unbranched alkanes of at least 4 members (excludes halogenated alkanes) is 1. The second-order valence-electron chi connectivity index (χ2n) is 8.73. The van der Waals surface area contributed by atoms with Gasteiger partial charge in [0.2, 0.25) is 5.91 Å². The minimum Gasteiger partial charge on any atom is -0.348 e. The second kappa shape index (κ2) is 9.63. The monoisotopic (exact) mass is 461 g/mol. The highest BCUT2D eigenvalue weighted by Crippen LogP contribution is 2.34. The molecule has 2 N–H and O–H groups in total. The van der Waals surface area contributed by atoms with Crippen molar-refractivity contribution in [3.63, 3.8) is 0 Å². The molecule has 1 fully saturated rings. The normalized spacial score (nSPS) is 18.7. The molecule has 0 spiro atoms. The van der Waals surface area contributed by atoms with Crippen molar-refractivity contribution in [2.24, 2.45) is 0 Å². The Bertz CT molecular complexity index is 1230. The average Bonchev–Trinajstić information content (AvgIpc) is 3.07. The molecule has 6 nitrogen and oxygen atoms in total. The van der Waals surface area contributed by atoms with E-state index in [0.29, 0.717) is 18.4 Å². The zero-order chi connectivity index (χ0) is 24.3. The minimum absolute atomic E-state index is 0.306. The van der Waals surface area contributed by atoms with Gasteiger partial charge in [0, 0.05) is 0 Å². The van der Waals surface area contributed by atoms with Crippen molar-refractivity contribution in [3.8, 4) is 0 Å². The van der Waals surface area contributed by atoms with Crippen LogP contribution < -0.4 is 10.6 Å². The van der Waals surface area contributed by atoms with Crippen LogP contribution in [0, 0.1) is 5.82 Å². The summed E-state index contributed by atoms with van der Waals surface area (Å²) < 4.78 is 13.5. The number of nitrogens with one attached hydrogen (secondary N) is 2. The van der Waals surface area contributed by atoms with Gasteiger partial charge >= 0.3 is 6.03 Å². The molecule has 3 aromatic carbocycles. The van der Waals surface area contributed by atoms with Crippen LogP contribution in [0.5, 0.6) is 0 Å². The number of benzene rings is 3. The number of fused-ring (bicyclic) bond motifs is 1. The molecule has 34 heavy (non-hydrogen) atoms. The van der Waals surface area contributed by atoms with Crippen LogP contribution in [0.4, 0.5) is 9.18 Å². The van der Waals surface area contributed by atoms with Crippen molar-refractivity contribution >= 4 is 28.6 Å². The molecule has 0 radical (unpaired) electrons. The summed E-state index contributed by atoms with van der Waals surface area (Å²) in [5.74, 6) is -1.36. The fraction of sp³-hybridized carbons (Fsp3) is 0.296. The molecule has 2 unspecified atom stereocenters. The zero-order valence-electron chi connectivity index (χ0n) is 19.3. The predicted molar refractivity (Wildman–Crippen MR) is 128 cm³/mol. The number of hydrogen-bond donors (Lipinski definition) is 2. The van der Waals surface area contributed by atoms with Gasteiger partial charge in [-0.05, 0) is 53.4 Å². The van der Waals surface area contributed by atoms with Gasteiger partial charge < -0.3 is 10.6 Å². The summed E-state index contributed by atoms with van der Waals surface area (Å²) in [6.45, 7) is 3.45. The quantitative estimate of drug-likeness (QED) is 0.473. The van der Waals surface area contributed by atoms with Crippen LogP contribution in [0.1, 0.15) is 50.3 Å². The molecule has 1 aliphatic heterocycles. The van der Waals surface area contributed by atoms with Crippen molar-refractivity contribution in [2.75, 3.05) is 6.54 Å². The number of hydrogen-bond acceptors (Lipinski definition) is 3. The fourth-order valence-corrected chi connectivity index (χ4v) is 4.45. The second-order valence-corrected chi connectivity index (χ2v) is 8.73. The van der Waals surface area contributed by atoms with E-state index in [9.17, 15) is 18.8 Å². The Hall–Kier alpha value is -3.74. The number of halogens is 1. The summed E-state index contributed by atoms with van der Waals surface area (Å²) in [4.78, 5) is 40.0. The number of urea groups is 1. The standard InChI is InChI=1S/C27H28FN3O3/c1-3-4-15-27(22-11-13-23(28)14-12-22)25(33)31(26(34)30-27)17-24(32)29-18(2)20-10-9-19-7-5-6-8-21(19)16-20/h5-14,16,18H,3-4,15,17H2,1-2H3,(H,29,32)(H,30,34). The summed E-state index contributed by atoms with van der Waals surface area (Å²) in [6, 6.07) is 18.5. The number of carbonyl (C=O) groups is 3. The maximum atomic E-state index is 13.5. The Kier molecular flexibility index (Phi) is 6.63. The molecule has 0 aromatic heterocycles. The summed E-state index contributed by atoms with van der Waals surface area (Å²) in [5, 5.41) is 7.84. The lowest BCUT2D eigenvalue weighted by Crippen LogP contribution is -2.45. The third kappa shape index (κ3) is 4.51. The third-order valence-electron chi connectivity index (χ3n) is 6.37. The Balaban J connectivity index is 1.50. The fourth-order valence-electron chi connectivity index (χ4n) is 4.45. The number of imide groups is 1. The number of amides is 4. The molecule has 3 aromatic rings. The molecular formula is C27H28FN3O3. The average molecular weight is 462 g/mol. The van der Waals surface area contributed by atoms with Crippen molar-refractivity contribution < 1.29 is 18.8 Å². The molecule has 1 heterocycles. The van der Waals surface area contributed by atoms with Gasteiger partial charge in [0.25, 0.3) is 5.91 Å². The van der Waals surface area contributed by atoms with E-state index in [0.717, 1.165) is 27.7 Å². The first-order chi connectivity index (χ1) is 16.3. The van der Waals surface area contributed by atoms with E-state index >= 15 is 0 Å². The van der Waals surface area contributed by atoms with Crippen LogP contribution in [0.25, 0.3) is 10.8 Å². The first-order valence-corrected chi connectivity index (χ1v) is 11.5. The molecule has 0 saturated carbocycles. The Morgan fingerprint density at radius 1 is 1.06 bits per heavy atom. The van der Waals surface area contributed by atoms with Crippen molar-refractivity contribution in [2.45, 2.75) is 44.7 Å². The zero-order valence-corrected chi connectivity index (χ0v) is 19.3. The molecule has 0 aliphatic carbocycles. The van der Waals surface area contributed by atoms with Crippen LogP contribution in [0.15, 0.2) is 66.7 Å². The maximum absolute atomic E-state index is 13.5. The summed E-state index contributed by atoms with van der Waals surface area (Å²) in [7, 11) is 0. The van der Waals surface area contributed by atoms with E-state index in [1.54, 1.807) is 0 Å². The van der Waals surface area contributed by atoms with Crippen molar-refractivity contribution in [1.29, 1.82) is 0 Å². The third-order valence-corrected chi connectivity index (χ3v) is 6.37. The summed E-state index contributed by atoms with van der Waals surface area (Å²) >= 11 is 0. The molecule has 176 valence electrons. The van der Waals surface area contributed by atoms with Gasteiger partial charge in [-0.15, -0.1) is 0 Å². The van der Waals surface area contributed by atoms with Crippen LogP contribution in [-0.4, -0.2) is 29.3 Å². The predicted octanol–water partition coefficient (Wildman–Crippen LogP) is 4.79. The molecule has 1 aliphatic rings. The molecule has 1 saturated heterocycles. The highest BCUT2D eigenvalue weighted by atomic mass is 19.1. The molecular weight excluding hydrogens is 433 g/mol. The highest BCUT2D eigenvalue weighted by molar-refractivity contribution is 6.09. The largest absolute Gasteiger partial charge is 0.348 e. The number of rotatable bonds is 8. The topological polar surface area (TPSA) is 78.5 Å². The van der Waals surface area contributed by atoms with Gasteiger partial charge in [-0.2, -0.15) is 0 Å². The lowest BCUT2D eigenvalue weighted by atomic mass is 9.85. The van der Waals surface area contributed by atoms with E-state index in [4.69, 9.17) is 0 Å². The molecule has 4 rings (SSSR count). The SMILES string of the molecule is CCCCC1(c2ccc(F)cc2)NC(=O)N(CC(=O)NC(C)c2ccc3ccccc3c2)C1=O. The van der Waals surface area contributed by atoms with E-state index in [1.807, 2.05) is 56.3 Å². The lowest BCUT2D eigenvalue weighted by Gasteiger charge is -2.27. The highest BCUT2D eigenvalue weighted by Gasteiger charge is 2.52. The van der Waals surface area contributed by atoms with Crippen molar-refractivity contribution in [1.82, 2.24) is 15.5 Å². The van der Waals surface area contributed by atoms with Gasteiger partial charge in [0.05, 0.1) is 6.04 Å². The van der Waals surface area contributed by atoms with E-state index in [-0.39, 0.29) is 6.04 Å². The van der Waals surface area contributed by atoms with Crippen LogP contribution in [-0.2, 0) is 15.1 Å².